The van der Waals surface area contributed by atoms with Crippen LogP contribution in [0.25, 0.3) is 0 Å². The molecule has 200 valence electrons. The Morgan fingerprint density at radius 1 is 0.868 bits per heavy atom. The van der Waals surface area contributed by atoms with Crippen LogP contribution in [0.1, 0.15) is 70.4 Å². The van der Waals surface area contributed by atoms with Gasteiger partial charge in [0.2, 0.25) is 0 Å². The second-order valence-corrected chi connectivity index (χ2v) is 13.8. The first kappa shape index (κ1) is 27.2. The second kappa shape index (κ2) is 9.98. The number of hydrogen-bond donors (Lipinski definition) is 0. The van der Waals surface area contributed by atoms with Crippen LogP contribution in [0.3, 0.4) is 0 Å². The monoisotopic (exact) mass is 642 g/mol. The Morgan fingerprint density at radius 2 is 1.42 bits per heavy atom. The van der Waals surface area contributed by atoms with Gasteiger partial charge in [0.05, 0.1) is 11.6 Å². The average molecular weight is 644 g/mol. The number of benzene rings is 2. The molecular formula is C31H32Br2O5. The molecule has 0 fully saturated rings. The number of ether oxygens (including phenoxy) is 3. The fourth-order valence-electron chi connectivity index (χ4n) is 5.79. The number of allylic oxidation sites excluding steroid dienone is 4. The summed E-state index contributed by atoms with van der Waals surface area (Å²) in [5.74, 6) is 2.09. The number of ketones is 2. The highest BCUT2D eigenvalue weighted by atomic mass is 79.9. The predicted octanol–water partition coefficient (Wildman–Crippen LogP) is 8.20. The maximum atomic E-state index is 13.6. The van der Waals surface area contributed by atoms with Crippen LogP contribution in [-0.2, 0) is 20.9 Å². The molecule has 0 bridgehead atoms. The number of carbonyl (C=O) groups is 2. The van der Waals surface area contributed by atoms with Gasteiger partial charge in [0, 0.05) is 47.2 Å². The fourth-order valence-corrected chi connectivity index (χ4v) is 6.63. The molecule has 2 aliphatic carbocycles. The molecular weight excluding hydrogens is 612 g/mol. The highest BCUT2D eigenvalue weighted by molar-refractivity contribution is 9.10. The first-order chi connectivity index (χ1) is 17.9. The number of methoxy groups -OCH3 is 1. The van der Waals surface area contributed by atoms with Crippen molar-refractivity contribution in [1.29, 1.82) is 0 Å². The van der Waals surface area contributed by atoms with E-state index in [1.54, 1.807) is 7.11 Å². The van der Waals surface area contributed by atoms with Gasteiger partial charge < -0.3 is 14.2 Å². The SMILES string of the molecule is COc1cc(C2C3=C(CC(C)(C)CC3=O)OC3=C2C(=O)CC(C)(C)C3)cc(Br)c1OCc1ccc(Br)cc1. The van der Waals surface area contributed by atoms with Gasteiger partial charge in [0.1, 0.15) is 18.1 Å². The molecule has 0 amide bonds. The molecule has 0 N–H and O–H groups in total. The summed E-state index contributed by atoms with van der Waals surface area (Å²) in [5.41, 5.74) is 2.65. The van der Waals surface area contributed by atoms with Crippen molar-refractivity contribution in [3.63, 3.8) is 0 Å². The summed E-state index contributed by atoms with van der Waals surface area (Å²) in [6, 6.07) is 11.8. The molecule has 2 aromatic carbocycles. The summed E-state index contributed by atoms with van der Waals surface area (Å²) in [5, 5.41) is 0. The van der Waals surface area contributed by atoms with Crippen LogP contribution >= 0.6 is 31.9 Å². The lowest BCUT2D eigenvalue weighted by Crippen LogP contribution is -2.37. The van der Waals surface area contributed by atoms with Crippen molar-refractivity contribution >= 4 is 43.4 Å². The maximum Gasteiger partial charge on any atom is 0.175 e. The Kier molecular flexibility index (Phi) is 7.14. The van der Waals surface area contributed by atoms with Crippen LogP contribution < -0.4 is 9.47 Å². The van der Waals surface area contributed by atoms with Crippen LogP contribution in [0.4, 0.5) is 0 Å². The van der Waals surface area contributed by atoms with Gasteiger partial charge in [-0.1, -0.05) is 55.8 Å². The Morgan fingerprint density at radius 3 is 1.95 bits per heavy atom. The van der Waals surface area contributed by atoms with Crippen molar-refractivity contribution < 1.29 is 23.8 Å². The van der Waals surface area contributed by atoms with Crippen LogP contribution in [0.2, 0.25) is 0 Å². The quantitative estimate of drug-likeness (QED) is 0.329. The van der Waals surface area contributed by atoms with Crippen molar-refractivity contribution in [1.82, 2.24) is 0 Å². The topological polar surface area (TPSA) is 61.8 Å². The third-order valence-corrected chi connectivity index (χ3v) is 8.58. The van der Waals surface area contributed by atoms with Crippen molar-refractivity contribution in [2.24, 2.45) is 10.8 Å². The minimum absolute atomic E-state index is 0.0380. The minimum atomic E-state index is -0.494. The third-order valence-electron chi connectivity index (χ3n) is 7.46. The van der Waals surface area contributed by atoms with Gasteiger partial charge in [-0.2, -0.15) is 0 Å². The summed E-state index contributed by atoms with van der Waals surface area (Å²) in [6.07, 6.45) is 2.15. The van der Waals surface area contributed by atoms with Gasteiger partial charge >= 0.3 is 0 Å². The molecule has 38 heavy (non-hydrogen) atoms. The first-order valence-electron chi connectivity index (χ1n) is 12.8. The second-order valence-electron chi connectivity index (χ2n) is 12.0. The summed E-state index contributed by atoms with van der Waals surface area (Å²) < 4.78 is 20.0. The predicted molar refractivity (Wildman–Crippen MR) is 153 cm³/mol. The van der Waals surface area contributed by atoms with Gasteiger partial charge in [-0.25, -0.2) is 0 Å². The Balaban J connectivity index is 1.59. The molecule has 1 aliphatic heterocycles. The van der Waals surface area contributed by atoms with Crippen molar-refractivity contribution in [2.75, 3.05) is 7.11 Å². The van der Waals surface area contributed by atoms with E-state index in [0.29, 0.717) is 70.9 Å². The molecule has 0 unspecified atom stereocenters. The van der Waals surface area contributed by atoms with Gasteiger partial charge in [-0.3, -0.25) is 9.59 Å². The van der Waals surface area contributed by atoms with Gasteiger partial charge in [-0.15, -0.1) is 0 Å². The number of rotatable bonds is 5. The summed E-state index contributed by atoms with van der Waals surface area (Å²) in [7, 11) is 1.60. The van der Waals surface area contributed by atoms with E-state index in [2.05, 4.69) is 59.6 Å². The van der Waals surface area contributed by atoms with Gasteiger partial charge in [-0.05, 0) is 62.2 Å². The maximum absolute atomic E-state index is 13.6. The van der Waals surface area contributed by atoms with Gasteiger partial charge in [0.25, 0.3) is 0 Å². The largest absolute Gasteiger partial charge is 0.493 e. The molecule has 1 heterocycles. The fraction of sp³-hybridized carbons (Fsp3) is 0.419. The van der Waals surface area contributed by atoms with Crippen molar-refractivity contribution in [2.45, 2.75) is 65.9 Å². The summed E-state index contributed by atoms with van der Waals surface area (Å²) >= 11 is 7.15. The van der Waals surface area contributed by atoms with E-state index in [1.165, 1.54) is 0 Å². The Labute approximate surface area is 240 Å². The molecule has 0 spiro atoms. The smallest absolute Gasteiger partial charge is 0.175 e. The molecule has 0 aromatic heterocycles. The number of carbonyl (C=O) groups excluding carboxylic acids is 2. The van der Waals surface area contributed by atoms with E-state index in [-0.39, 0.29) is 22.4 Å². The van der Waals surface area contributed by atoms with Crippen LogP contribution in [0.5, 0.6) is 11.5 Å². The summed E-state index contributed by atoms with van der Waals surface area (Å²) in [4.78, 5) is 27.2. The lowest BCUT2D eigenvalue weighted by molar-refractivity contribution is -0.120. The number of hydrogen-bond acceptors (Lipinski definition) is 5. The van der Waals surface area contributed by atoms with Crippen LogP contribution in [-0.4, -0.2) is 18.7 Å². The standard InChI is InChI=1S/C31H32Br2O5/c1-30(2)12-21(34)27-24(14-30)38-25-15-31(3,4)13-22(35)28(25)26(27)18-10-20(33)29(23(11-18)36-5)37-16-17-6-8-19(32)9-7-17/h6-11,26H,12-16H2,1-5H3. The number of halogens is 2. The van der Waals surface area contributed by atoms with E-state index in [9.17, 15) is 9.59 Å². The van der Waals surface area contributed by atoms with Crippen LogP contribution in [0, 0.1) is 10.8 Å². The molecule has 0 atom stereocenters. The molecule has 7 heteroatoms. The lowest BCUT2D eigenvalue weighted by atomic mass is 9.65. The molecule has 0 radical (unpaired) electrons. The van der Waals surface area contributed by atoms with Crippen molar-refractivity contribution in [3.8, 4) is 11.5 Å². The highest BCUT2D eigenvalue weighted by Crippen LogP contribution is 2.54. The molecule has 5 nitrogen and oxygen atoms in total. The van der Waals surface area contributed by atoms with E-state index in [1.807, 2.05) is 36.4 Å². The number of Topliss-reactive ketones (excluding diaryl/α,β-unsaturated/α-hetero) is 2. The van der Waals surface area contributed by atoms with Crippen molar-refractivity contribution in [3.05, 3.63) is 79.1 Å². The summed E-state index contributed by atoms with van der Waals surface area (Å²) in [6.45, 7) is 8.72. The van der Waals surface area contributed by atoms with Gasteiger partial charge in [0.15, 0.2) is 23.1 Å². The molecule has 5 rings (SSSR count). The minimum Gasteiger partial charge on any atom is -0.493 e. The Hall–Kier alpha value is -2.38. The van der Waals surface area contributed by atoms with E-state index in [0.717, 1.165) is 15.6 Å². The Bertz CT molecular complexity index is 1330. The molecule has 2 aromatic rings. The zero-order valence-corrected chi connectivity index (χ0v) is 25.5. The normalized spacial score (nSPS) is 20.6. The lowest BCUT2D eigenvalue weighted by Gasteiger charge is -2.42. The van der Waals surface area contributed by atoms with E-state index in [4.69, 9.17) is 14.2 Å². The molecule has 0 saturated heterocycles. The van der Waals surface area contributed by atoms with E-state index >= 15 is 0 Å². The third kappa shape index (κ3) is 5.24. The first-order valence-corrected chi connectivity index (χ1v) is 14.4. The molecule has 0 saturated carbocycles. The van der Waals surface area contributed by atoms with Crippen LogP contribution in [0.15, 0.2) is 68.0 Å². The molecule has 3 aliphatic rings. The zero-order chi connectivity index (χ0) is 27.4. The average Bonchev–Trinajstić information content (AvgIpc) is 2.81. The zero-order valence-electron chi connectivity index (χ0n) is 22.4. The van der Waals surface area contributed by atoms with E-state index < -0.39 is 5.92 Å². The highest BCUT2D eigenvalue weighted by Gasteiger charge is 2.48.